The summed E-state index contributed by atoms with van der Waals surface area (Å²) in [7, 11) is 0. The molecule has 3 heterocycles. The number of carbonyl (C=O) groups excluding carboxylic acids is 1. The molecule has 0 saturated carbocycles. The van der Waals surface area contributed by atoms with Crippen LogP contribution < -0.4 is 5.32 Å². The average Bonchev–Trinajstić information content (AvgIpc) is 2.82. The first-order valence-corrected chi connectivity index (χ1v) is 6.77. The first-order valence-electron chi connectivity index (χ1n) is 6.77. The Hall–Kier alpha value is -2.69. The standard InChI is InChI=1S/C16H16N4O/c1-11-5-7-20-10-13(18-14(20)8-11)9-15(21)19-16-12(2)4-3-6-17-16/h3-8,10H,9H2,1-2H3,(H,17,19,21). The largest absolute Gasteiger partial charge is 0.310 e. The molecule has 1 N–H and O–H groups in total. The van der Waals surface area contributed by atoms with Crippen molar-refractivity contribution in [2.75, 3.05) is 5.32 Å². The molecule has 0 radical (unpaired) electrons. The third kappa shape index (κ3) is 2.91. The Morgan fingerprint density at radius 1 is 1.33 bits per heavy atom. The molecule has 0 atom stereocenters. The van der Waals surface area contributed by atoms with Crippen molar-refractivity contribution < 1.29 is 4.79 Å². The Kier molecular flexibility index (Phi) is 3.39. The summed E-state index contributed by atoms with van der Waals surface area (Å²) >= 11 is 0. The molecular formula is C16H16N4O. The van der Waals surface area contributed by atoms with E-state index in [4.69, 9.17) is 0 Å². The highest BCUT2D eigenvalue weighted by molar-refractivity contribution is 5.91. The Labute approximate surface area is 122 Å². The van der Waals surface area contributed by atoms with Crippen LogP contribution in [0.15, 0.2) is 42.9 Å². The van der Waals surface area contributed by atoms with E-state index >= 15 is 0 Å². The van der Waals surface area contributed by atoms with Crippen LogP contribution in [0.2, 0.25) is 0 Å². The summed E-state index contributed by atoms with van der Waals surface area (Å²) in [6, 6.07) is 7.76. The van der Waals surface area contributed by atoms with Gasteiger partial charge in [-0.25, -0.2) is 9.97 Å². The van der Waals surface area contributed by atoms with E-state index in [1.165, 1.54) is 0 Å². The van der Waals surface area contributed by atoms with Crippen molar-refractivity contribution in [1.82, 2.24) is 14.4 Å². The fourth-order valence-corrected chi connectivity index (χ4v) is 2.18. The van der Waals surface area contributed by atoms with Gasteiger partial charge in [-0.3, -0.25) is 4.79 Å². The van der Waals surface area contributed by atoms with E-state index in [2.05, 4.69) is 15.3 Å². The van der Waals surface area contributed by atoms with Crippen LogP contribution in [0, 0.1) is 13.8 Å². The molecular weight excluding hydrogens is 264 g/mol. The minimum Gasteiger partial charge on any atom is -0.310 e. The van der Waals surface area contributed by atoms with Crippen molar-refractivity contribution >= 4 is 17.4 Å². The van der Waals surface area contributed by atoms with Crippen molar-refractivity contribution in [1.29, 1.82) is 0 Å². The second-order valence-corrected chi connectivity index (χ2v) is 5.10. The first kappa shape index (κ1) is 13.3. The number of carbonyl (C=O) groups is 1. The zero-order valence-electron chi connectivity index (χ0n) is 12.0. The normalized spacial score (nSPS) is 10.8. The molecule has 3 aromatic heterocycles. The summed E-state index contributed by atoms with van der Waals surface area (Å²) in [5.74, 6) is 0.485. The molecule has 0 unspecified atom stereocenters. The van der Waals surface area contributed by atoms with E-state index < -0.39 is 0 Å². The lowest BCUT2D eigenvalue weighted by molar-refractivity contribution is -0.115. The maximum atomic E-state index is 12.1. The third-order valence-electron chi connectivity index (χ3n) is 3.27. The van der Waals surface area contributed by atoms with Gasteiger partial charge in [0.25, 0.3) is 0 Å². The van der Waals surface area contributed by atoms with Gasteiger partial charge in [0.15, 0.2) is 0 Å². The minimum atomic E-state index is -0.114. The number of hydrogen-bond donors (Lipinski definition) is 1. The molecule has 0 bridgehead atoms. The van der Waals surface area contributed by atoms with Crippen LogP contribution >= 0.6 is 0 Å². The highest BCUT2D eigenvalue weighted by Gasteiger charge is 2.09. The second-order valence-electron chi connectivity index (χ2n) is 5.10. The molecule has 0 aliphatic rings. The topological polar surface area (TPSA) is 59.3 Å². The summed E-state index contributed by atoms with van der Waals surface area (Å²) in [5, 5.41) is 2.82. The van der Waals surface area contributed by atoms with E-state index in [1.807, 2.05) is 54.9 Å². The van der Waals surface area contributed by atoms with Crippen molar-refractivity contribution in [3.8, 4) is 0 Å². The molecule has 106 valence electrons. The maximum Gasteiger partial charge on any atom is 0.231 e. The number of fused-ring (bicyclic) bond motifs is 1. The van der Waals surface area contributed by atoms with E-state index in [9.17, 15) is 4.79 Å². The second kappa shape index (κ2) is 5.36. The van der Waals surface area contributed by atoms with Gasteiger partial charge in [-0.2, -0.15) is 0 Å². The third-order valence-corrected chi connectivity index (χ3v) is 3.27. The van der Waals surface area contributed by atoms with Gasteiger partial charge in [-0.15, -0.1) is 0 Å². The molecule has 3 rings (SSSR count). The van der Waals surface area contributed by atoms with Gasteiger partial charge in [-0.05, 0) is 43.2 Å². The zero-order chi connectivity index (χ0) is 14.8. The molecule has 0 spiro atoms. The number of nitrogens with zero attached hydrogens (tertiary/aromatic N) is 3. The molecule has 0 saturated heterocycles. The molecule has 5 nitrogen and oxygen atoms in total. The van der Waals surface area contributed by atoms with Gasteiger partial charge in [0, 0.05) is 18.6 Å². The fraction of sp³-hybridized carbons (Fsp3) is 0.188. The van der Waals surface area contributed by atoms with Gasteiger partial charge in [0.1, 0.15) is 11.5 Å². The van der Waals surface area contributed by atoms with Crippen LogP contribution in [-0.2, 0) is 11.2 Å². The minimum absolute atomic E-state index is 0.114. The highest BCUT2D eigenvalue weighted by Crippen LogP contribution is 2.11. The predicted molar refractivity (Wildman–Crippen MR) is 81.2 cm³/mol. The number of anilines is 1. The van der Waals surface area contributed by atoms with E-state index in [0.717, 1.165) is 22.5 Å². The summed E-state index contributed by atoms with van der Waals surface area (Å²) in [6.45, 7) is 3.93. The fourth-order valence-electron chi connectivity index (χ4n) is 2.18. The van der Waals surface area contributed by atoms with Gasteiger partial charge < -0.3 is 9.72 Å². The van der Waals surface area contributed by atoms with Crippen molar-refractivity contribution in [2.24, 2.45) is 0 Å². The number of hydrogen-bond acceptors (Lipinski definition) is 3. The van der Waals surface area contributed by atoms with Crippen LogP contribution in [0.3, 0.4) is 0 Å². The Balaban J connectivity index is 1.75. The van der Waals surface area contributed by atoms with E-state index in [1.54, 1.807) is 6.20 Å². The number of aryl methyl sites for hydroxylation is 2. The number of nitrogens with one attached hydrogen (secondary N) is 1. The lowest BCUT2D eigenvalue weighted by Gasteiger charge is -2.05. The van der Waals surface area contributed by atoms with Gasteiger partial charge in [0.05, 0.1) is 12.1 Å². The van der Waals surface area contributed by atoms with Gasteiger partial charge >= 0.3 is 0 Å². The number of imidazole rings is 1. The van der Waals surface area contributed by atoms with Crippen molar-refractivity contribution in [2.45, 2.75) is 20.3 Å². The van der Waals surface area contributed by atoms with Crippen LogP contribution in [0.5, 0.6) is 0 Å². The van der Waals surface area contributed by atoms with Crippen molar-refractivity contribution in [3.05, 3.63) is 59.7 Å². The Morgan fingerprint density at radius 2 is 2.19 bits per heavy atom. The van der Waals surface area contributed by atoms with Crippen molar-refractivity contribution in [3.63, 3.8) is 0 Å². The lowest BCUT2D eigenvalue weighted by Crippen LogP contribution is -2.16. The highest BCUT2D eigenvalue weighted by atomic mass is 16.1. The van der Waals surface area contributed by atoms with Crippen LogP contribution in [0.4, 0.5) is 5.82 Å². The lowest BCUT2D eigenvalue weighted by atomic mass is 10.2. The monoisotopic (exact) mass is 280 g/mol. The molecule has 1 amide bonds. The predicted octanol–water partition coefficient (Wildman–Crippen LogP) is 2.53. The van der Waals surface area contributed by atoms with Crippen LogP contribution in [0.25, 0.3) is 5.65 Å². The summed E-state index contributed by atoms with van der Waals surface area (Å²) in [4.78, 5) is 20.7. The Bertz CT molecular complexity index is 807. The molecule has 5 heteroatoms. The van der Waals surface area contributed by atoms with E-state index in [-0.39, 0.29) is 12.3 Å². The Morgan fingerprint density at radius 3 is 3.00 bits per heavy atom. The molecule has 0 aromatic carbocycles. The summed E-state index contributed by atoms with van der Waals surface area (Å²) < 4.78 is 1.92. The molecule has 0 aliphatic heterocycles. The van der Waals surface area contributed by atoms with Crippen LogP contribution in [-0.4, -0.2) is 20.3 Å². The molecule has 3 aromatic rings. The zero-order valence-corrected chi connectivity index (χ0v) is 12.0. The quantitative estimate of drug-likeness (QED) is 0.802. The number of rotatable bonds is 3. The first-order chi connectivity index (χ1) is 10.1. The van der Waals surface area contributed by atoms with E-state index in [0.29, 0.717) is 5.82 Å². The SMILES string of the molecule is Cc1ccn2cc(CC(=O)Nc3ncccc3C)nc2c1. The molecule has 21 heavy (non-hydrogen) atoms. The number of amides is 1. The molecule has 0 fully saturated rings. The van der Waals surface area contributed by atoms with Gasteiger partial charge in [0.2, 0.25) is 5.91 Å². The smallest absolute Gasteiger partial charge is 0.231 e. The van der Waals surface area contributed by atoms with Gasteiger partial charge in [-0.1, -0.05) is 6.07 Å². The number of pyridine rings is 2. The maximum absolute atomic E-state index is 12.1. The molecule has 0 aliphatic carbocycles. The summed E-state index contributed by atoms with van der Waals surface area (Å²) in [6.07, 6.45) is 5.72. The number of aromatic nitrogens is 3. The average molecular weight is 280 g/mol. The van der Waals surface area contributed by atoms with Crippen LogP contribution in [0.1, 0.15) is 16.8 Å². The summed E-state index contributed by atoms with van der Waals surface area (Å²) in [5.41, 5.74) is 3.68.